The minimum atomic E-state index is -4.79. The van der Waals surface area contributed by atoms with Gasteiger partial charge in [0.2, 0.25) is 5.95 Å². The third-order valence-corrected chi connectivity index (χ3v) is 7.76. The lowest BCUT2D eigenvalue weighted by molar-refractivity contribution is -0.137. The highest BCUT2D eigenvalue weighted by molar-refractivity contribution is 7.80. The van der Waals surface area contributed by atoms with Crippen LogP contribution in [0, 0.1) is 6.92 Å². The number of carbonyl (C=O) groups excluding carboxylic acids is 1. The molecule has 16 heteroatoms. The summed E-state index contributed by atoms with van der Waals surface area (Å²) < 4.78 is 85.4. The fraction of sp³-hybridized carbons (Fsp3) is 0.393. The largest absolute Gasteiger partial charge is 0.755 e. The molecule has 0 bridgehead atoms. The highest BCUT2D eigenvalue weighted by atomic mass is 32.2. The third kappa shape index (κ3) is 7.92. The topological polar surface area (TPSA) is 135 Å². The number of rotatable bonds is 10. The number of hydrogen-bond acceptors (Lipinski definition) is 9. The Bertz CT molecular complexity index is 1530. The molecule has 1 saturated heterocycles. The van der Waals surface area contributed by atoms with Gasteiger partial charge in [0.05, 0.1) is 24.5 Å². The number of amides is 1. The van der Waals surface area contributed by atoms with Gasteiger partial charge in [-0.15, -0.1) is 0 Å². The van der Waals surface area contributed by atoms with Gasteiger partial charge >= 0.3 is 6.18 Å². The second kappa shape index (κ2) is 13.7. The summed E-state index contributed by atoms with van der Waals surface area (Å²) in [6.45, 7) is 2.44. The lowest BCUT2D eigenvalue weighted by Crippen LogP contribution is -2.51. The summed E-state index contributed by atoms with van der Waals surface area (Å²) in [5.74, 6) is -1.06. The predicted molar refractivity (Wildman–Crippen MR) is 157 cm³/mol. The van der Waals surface area contributed by atoms with Gasteiger partial charge in [-0.2, -0.15) is 18.2 Å². The van der Waals surface area contributed by atoms with E-state index in [1.807, 2.05) is 4.90 Å². The Hall–Kier alpha value is -4.02. The maximum atomic E-state index is 14.4. The first kappa shape index (κ1) is 32.9. The van der Waals surface area contributed by atoms with Crippen LogP contribution in [0.2, 0.25) is 0 Å². The molecule has 2 aromatic carbocycles. The molecule has 238 valence electrons. The minimum Gasteiger partial charge on any atom is -0.755 e. The number of aromatic nitrogens is 2. The summed E-state index contributed by atoms with van der Waals surface area (Å²) in [7, 11) is 4.48. The van der Waals surface area contributed by atoms with Crippen LogP contribution in [0.25, 0.3) is 0 Å². The number of carbonyl (C=O) groups is 1. The number of piperidine rings is 1. The number of methoxy groups -OCH3 is 1. The molecule has 44 heavy (non-hydrogen) atoms. The Morgan fingerprint density at radius 1 is 1.25 bits per heavy atom. The Labute approximate surface area is 254 Å². The number of anilines is 4. The van der Waals surface area contributed by atoms with Crippen LogP contribution in [0.4, 0.5) is 40.7 Å². The Morgan fingerprint density at radius 3 is 2.66 bits per heavy atom. The fourth-order valence-corrected chi connectivity index (χ4v) is 5.02. The smallest absolute Gasteiger partial charge is 0.421 e. The van der Waals surface area contributed by atoms with Crippen molar-refractivity contribution < 1.29 is 35.9 Å². The van der Waals surface area contributed by atoms with Crippen LogP contribution in [0.3, 0.4) is 0 Å². The van der Waals surface area contributed by atoms with Gasteiger partial charge in [0.15, 0.2) is 0 Å². The molecule has 2 heterocycles. The SMILES string of the molecule is COc1cc(C(=O)N[C@@H]2CCN(C)C[C@H]2F)ccc1Nc1ncc(C(F)(F)F)c(NCc2ccc(C)cc2N(C)S(=O)[O-])n1. The summed E-state index contributed by atoms with van der Waals surface area (Å²) in [6, 6.07) is 8.63. The van der Waals surface area contributed by atoms with E-state index in [0.717, 1.165) is 9.87 Å². The molecule has 0 saturated carbocycles. The van der Waals surface area contributed by atoms with Gasteiger partial charge in [-0.25, -0.2) is 9.37 Å². The molecule has 1 amide bonds. The van der Waals surface area contributed by atoms with Crippen LogP contribution in [0.1, 0.15) is 33.5 Å². The standard InChI is InChI=1S/C28H33F4N7O4S/c1-16-5-6-18(23(11-16)39(3)44(41)42)13-33-25-19(28(30,31)32)14-34-27(37-25)36-22-8-7-17(12-24(22)43-4)26(40)35-21-9-10-38(2)15-20(21)29/h5-8,11-12,14,20-21H,9-10,13,15H2,1-4H3,(H,35,40)(H,41,42)(H2,33,34,36,37)/p-1/t20-,21-/m1/s1. The van der Waals surface area contributed by atoms with Crippen molar-refractivity contribution >= 4 is 40.3 Å². The van der Waals surface area contributed by atoms with Gasteiger partial charge < -0.3 is 34.4 Å². The van der Waals surface area contributed by atoms with E-state index in [4.69, 9.17) is 4.74 Å². The Kier molecular flexibility index (Phi) is 10.3. The van der Waals surface area contributed by atoms with E-state index >= 15 is 0 Å². The Balaban J connectivity index is 1.55. The predicted octanol–water partition coefficient (Wildman–Crippen LogP) is 4.17. The van der Waals surface area contributed by atoms with Crippen LogP contribution < -0.4 is 25.0 Å². The zero-order valence-electron chi connectivity index (χ0n) is 24.4. The van der Waals surface area contributed by atoms with E-state index in [9.17, 15) is 31.1 Å². The fourth-order valence-electron chi connectivity index (χ4n) is 4.69. The zero-order valence-corrected chi connectivity index (χ0v) is 25.2. The van der Waals surface area contributed by atoms with Crippen LogP contribution in [0.5, 0.6) is 5.75 Å². The number of nitrogens with one attached hydrogen (secondary N) is 3. The molecule has 0 aliphatic carbocycles. The number of aryl methyl sites for hydroxylation is 1. The van der Waals surface area contributed by atoms with E-state index in [-0.39, 0.29) is 36.0 Å². The first-order valence-corrected chi connectivity index (χ1v) is 14.5. The van der Waals surface area contributed by atoms with E-state index in [1.54, 1.807) is 32.2 Å². The van der Waals surface area contributed by atoms with Crippen LogP contribution in [0.15, 0.2) is 42.6 Å². The molecule has 0 spiro atoms. The molecule has 1 aromatic heterocycles. The number of alkyl halides is 4. The van der Waals surface area contributed by atoms with Gasteiger partial charge in [-0.3, -0.25) is 9.00 Å². The number of ether oxygens (including phenoxy) is 1. The first-order valence-electron chi connectivity index (χ1n) is 13.5. The summed E-state index contributed by atoms with van der Waals surface area (Å²) in [4.78, 5) is 22.5. The van der Waals surface area contributed by atoms with E-state index in [2.05, 4.69) is 25.9 Å². The second-order valence-electron chi connectivity index (χ2n) is 10.3. The highest BCUT2D eigenvalue weighted by Crippen LogP contribution is 2.35. The Morgan fingerprint density at radius 2 is 2.00 bits per heavy atom. The molecule has 3 aromatic rings. The molecule has 4 rings (SSSR count). The average Bonchev–Trinajstić information content (AvgIpc) is 2.97. The number of hydrogen-bond donors (Lipinski definition) is 3. The van der Waals surface area contributed by atoms with Crippen molar-refractivity contribution in [2.24, 2.45) is 0 Å². The molecule has 11 nitrogen and oxygen atoms in total. The van der Waals surface area contributed by atoms with Crippen molar-refractivity contribution in [3.8, 4) is 5.75 Å². The molecule has 3 N–H and O–H groups in total. The first-order chi connectivity index (χ1) is 20.8. The van der Waals surface area contributed by atoms with Crippen LogP contribution in [-0.2, 0) is 24.0 Å². The highest BCUT2D eigenvalue weighted by Gasteiger charge is 2.35. The van der Waals surface area contributed by atoms with Crippen LogP contribution in [-0.4, -0.2) is 76.0 Å². The molecule has 3 atom stereocenters. The van der Waals surface area contributed by atoms with Crippen molar-refractivity contribution in [3.05, 3.63) is 64.8 Å². The molecular weight excluding hydrogens is 606 g/mol. The lowest BCUT2D eigenvalue weighted by atomic mass is 10.0. The van der Waals surface area contributed by atoms with Gasteiger partial charge in [0.25, 0.3) is 5.91 Å². The van der Waals surface area contributed by atoms with Crippen molar-refractivity contribution in [1.82, 2.24) is 20.2 Å². The maximum absolute atomic E-state index is 14.4. The third-order valence-electron chi connectivity index (χ3n) is 7.12. The van der Waals surface area contributed by atoms with Crippen LogP contribution >= 0.6 is 0 Å². The molecule has 1 unspecified atom stereocenters. The number of nitrogens with zero attached hydrogens (tertiary/aromatic N) is 4. The summed E-state index contributed by atoms with van der Waals surface area (Å²) in [5.41, 5.74) is 0.801. The van der Waals surface area contributed by atoms with Crippen molar-refractivity contribution in [2.45, 2.75) is 38.3 Å². The lowest BCUT2D eigenvalue weighted by Gasteiger charge is -2.32. The maximum Gasteiger partial charge on any atom is 0.421 e. The van der Waals surface area contributed by atoms with Gasteiger partial charge in [0.1, 0.15) is 23.3 Å². The second-order valence-corrected chi connectivity index (χ2v) is 11.3. The summed E-state index contributed by atoms with van der Waals surface area (Å²) in [5, 5.41) is 8.18. The molecule has 1 aliphatic rings. The quantitative estimate of drug-likeness (QED) is 0.221. The van der Waals surface area contributed by atoms with Gasteiger partial charge in [-0.1, -0.05) is 12.1 Å². The molecule has 1 aliphatic heterocycles. The van der Waals surface area contributed by atoms with Gasteiger partial charge in [0, 0.05) is 49.7 Å². The zero-order chi connectivity index (χ0) is 32.2. The van der Waals surface area contributed by atoms with E-state index < -0.39 is 46.9 Å². The van der Waals surface area contributed by atoms with E-state index in [0.29, 0.717) is 30.4 Å². The number of likely N-dealkylation sites (tertiary alicyclic amines) is 1. The molecular formula is C28H32F4N7O4S-. The summed E-state index contributed by atoms with van der Waals surface area (Å²) >= 11 is -2.60. The van der Waals surface area contributed by atoms with Crippen molar-refractivity contribution in [1.29, 1.82) is 0 Å². The molecule has 1 fully saturated rings. The van der Waals surface area contributed by atoms with E-state index in [1.165, 1.54) is 32.4 Å². The average molecular weight is 639 g/mol. The van der Waals surface area contributed by atoms with Crippen molar-refractivity contribution in [3.63, 3.8) is 0 Å². The molecule has 0 radical (unpaired) electrons. The number of benzene rings is 2. The van der Waals surface area contributed by atoms with Gasteiger partial charge in [-0.05, 0) is 55.8 Å². The summed E-state index contributed by atoms with van der Waals surface area (Å²) in [6.07, 6.45) is -4.92. The minimum absolute atomic E-state index is 0.175. The number of halogens is 4. The van der Waals surface area contributed by atoms with Crippen molar-refractivity contribution in [2.75, 3.05) is 49.2 Å². The monoisotopic (exact) mass is 638 g/mol. The normalized spacial score (nSPS) is 17.9.